The molecule has 0 fully saturated rings. The molecule has 2 aromatic rings. The highest BCUT2D eigenvalue weighted by Gasteiger charge is 2.12. The molecule has 0 saturated carbocycles. The number of thioether (sulfide) groups is 1. The van der Waals surface area contributed by atoms with Crippen molar-refractivity contribution < 1.29 is 0 Å². The highest BCUT2D eigenvalue weighted by molar-refractivity contribution is 7.99. The average molecular weight is 300 g/mol. The Morgan fingerprint density at radius 1 is 1.14 bits per heavy atom. The summed E-state index contributed by atoms with van der Waals surface area (Å²) < 4.78 is 0. The maximum absolute atomic E-state index is 4.33. The van der Waals surface area contributed by atoms with Gasteiger partial charge in [-0.1, -0.05) is 30.7 Å². The second-order valence-corrected chi connectivity index (χ2v) is 6.52. The van der Waals surface area contributed by atoms with Crippen molar-refractivity contribution in [2.45, 2.75) is 38.1 Å². The van der Waals surface area contributed by atoms with Crippen molar-refractivity contribution in [2.75, 3.05) is 12.3 Å². The Morgan fingerprint density at radius 3 is 2.71 bits per heavy atom. The number of benzene rings is 1. The number of hydrogen-bond donors (Lipinski definition) is 1. The number of aromatic nitrogens is 1. The summed E-state index contributed by atoms with van der Waals surface area (Å²) in [6.45, 7) is 7.47. The Labute approximate surface area is 132 Å². The maximum atomic E-state index is 4.33. The molecule has 21 heavy (non-hydrogen) atoms. The summed E-state index contributed by atoms with van der Waals surface area (Å²) in [6, 6.07) is 11.3. The van der Waals surface area contributed by atoms with Crippen LogP contribution in [0.5, 0.6) is 0 Å². The van der Waals surface area contributed by atoms with Crippen LogP contribution in [0.2, 0.25) is 0 Å². The number of nitrogens with zero attached hydrogens (tertiary/aromatic N) is 1. The van der Waals surface area contributed by atoms with E-state index < -0.39 is 0 Å². The molecule has 112 valence electrons. The summed E-state index contributed by atoms with van der Waals surface area (Å²) in [5.41, 5.74) is 3.82. The van der Waals surface area contributed by atoms with E-state index in [1.807, 2.05) is 24.2 Å². The van der Waals surface area contributed by atoms with Crippen molar-refractivity contribution in [1.82, 2.24) is 10.3 Å². The van der Waals surface area contributed by atoms with Crippen molar-refractivity contribution in [3.63, 3.8) is 0 Å². The molecule has 0 aliphatic rings. The van der Waals surface area contributed by atoms with Crippen LogP contribution in [-0.2, 0) is 0 Å². The van der Waals surface area contributed by atoms with E-state index in [1.54, 1.807) is 0 Å². The summed E-state index contributed by atoms with van der Waals surface area (Å²) in [5.74, 6) is 1.02. The van der Waals surface area contributed by atoms with Gasteiger partial charge in [-0.3, -0.25) is 4.98 Å². The molecule has 0 radical (unpaired) electrons. The highest BCUT2D eigenvalue weighted by Crippen LogP contribution is 2.25. The Morgan fingerprint density at radius 2 is 2.00 bits per heavy atom. The highest BCUT2D eigenvalue weighted by atomic mass is 32.2. The smallest absolute Gasteiger partial charge is 0.0430 e. The molecular weight excluding hydrogens is 276 g/mol. The molecule has 0 saturated heterocycles. The summed E-state index contributed by atoms with van der Waals surface area (Å²) in [4.78, 5) is 5.67. The second-order valence-electron chi connectivity index (χ2n) is 5.43. The van der Waals surface area contributed by atoms with E-state index >= 15 is 0 Å². The van der Waals surface area contributed by atoms with Crippen LogP contribution in [0.15, 0.2) is 47.6 Å². The van der Waals surface area contributed by atoms with E-state index in [0.29, 0.717) is 6.04 Å². The molecule has 2 nitrogen and oxygen atoms in total. The molecule has 0 spiro atoms. The molecule has 1 unspecified atom stereocenters. The summed E-state index contributed by atoms with van der Waals surface area (Å²) >= 11 is 1.90. The molecule has 0 aliphatic heterocycles. The van der Waals surface area contributed by atoms with Crippen LogP contribution in [0.1, 0.15) is 36.1 Å². The fourth-order valence-corrected chi connectivity index (χ4v) is 3.36. The van der Waals surface area contributed by atoms with Gasteiger partial charge in [0.05, 0.1) is 0 Å². The van der Waals surface area contributed by atoms with Crippen LogP contribution >= 0.6 is 11.8 Å². The van der Waals surface area contributed by atoms with Crippen molar-refractivity contribution >= 4 is 11.8 Å². The zero-order valence-electron chi connectivity index (χ0n) is 13.1. The standard InChI is InChI=1S/C18H24N2S/c1-4-8-20-18(16-9-15(3)11-19-12-16)13-21-17-7-5-6-14(2)10-17/h5-7,9-12,18,20H,4,8,13H2,1-3H3. The average Bonchev–Trinajstić information content (AvgIpc) is 2.47. The lowest BCUT2D eigenvalue weighted by atomic mass is 10.1. The van der Waals surface area contributed by atoms with Gasteiger partial charge in [-0.15, -0.1) is 11.8 Å². The third-order valence-electron chi connectivity index (χ3n) is 3.35. The third-order valence-corrected chi connectivity index (χ3v) is 4.43. The van der Waals surface area contributed by atoms with Gasteiger partial charge in [0, 0.05) is 29.1 Å². The number of nitrogens with one attached hydrogen (secondary N) is 1. The van der Waals surface area contributed by atoms with E-state index in [0.717, 1.165) is 18.7 Å². The molecule has 0 amide bonds. The minimum Gasteiger partial charge on any atom is -0.309 e. The number of pyridine rings is 1. The van der Waals surface area contributed by atoms with Gasteiger partial charge in [0.2, 0.25) is 0 Å². The van der Waals surface area contributed by atoms with Crippen LogP contribution in [-0.4, -0.2) is 17.3 Å². The summed E-state index contributed by atoms with van der Waals surface area (Å²) in [6.07, 6.45) is 5.04. The largest absolute Gasteiger partial charge is 0.309 e. The molecule has 1 aromatic carbocycles. The van der Waals surface area contributed by atoms with Crippen molar-refractivity contribution in [1.29, 1.82) is 0 Å². The second kappa shape index (κ2) is 8.20. The molecule has 0 aliphatic carbocycles. The van der Waals surface area contributed by atoms with Gasteiger partial charge >= 0.3 is 0 Å². The van der Waals surface area contributed by atoms with Gasteiger partial charge < -0.3 is 5.32 Å². The van der Waals surface area contributed by atoms with E-state index in [4.69, 9.17) is 0 Å². The zero-order valence-corrected chi connectivity index (χ0v) is 13.9. The first-order valence-electron chi connectivity index (χ1n) is 7.53. The first-order valence-corrected chi connectivity index (χ1v) is 8.52. The molecule has 2 rings (SSSR count). The maximum Gasteiger partial charge on any atom is 0.0430 e. The Bertz CT molecular complexity index is 569. The monoisotopic (exact) mass is 300 g/mol. The SMILES string of the molecule is CCCNC(CSc1cccc(C)c1)c1cncc(C)c1. The van der Waals surface area contributed by atoms with Crippen LogP contribution in [0.3, 0.4) is 0 Å². The first-order chi connectivity index (χ1) is 10.2. The fourth-order valence-electron chi connectivity index (χ4n) is 2.25. The molecule has 1 N–H and O–H groups in total. The van der Waals surface area contributed by atoms with Gasteiger partial charge in [-0.2, -0.15) is 0 Å². The van der Waals surface area contributed by atoms with Gasteiger partial charge in [0.25, 0.3) is 0 Å². The van der Waals surface area contributed by atoms with Crippen molar-refractivity contribution in [2.24, 2.45) is 0 Å². The third kappa shape index (κ3) is 5.18. The van der Waals surface area contributed by atoms with E-state index in [-0.39, 0.29) is 0 Å². The van der Waals surface area contributed by atoms with Crippen LogP contribution < -0.4 is 5.32 Å². The molecule has 1 heterocycles. The summed E-state index contributed by atoms with van der Waals surface area (Å²) in [7, 11) is 0. The lowest BCUT2D eigenvalue weighted by molar-refractivity contribution is 0.575. The van der Waals surface area contributed by atoms with Gasteiger partial charge in [-0.05, 0) is 50.1 Å². The normalized spacial score (nSPS) is 12.3. The van der Waals surface area contributed by atoms with E-state index in [1.165, 1.54) is 21.6 Å². The molecular formula is C18H24N2S. The fraction of sp³-hybridized carbons (Fsp3) is 0.389. The first kappa shape index (κ1) is 16.1. The van der Waals surface area contributed by atoms with Crippen LogP contribution in [0, 0.1) is 13.8 Å². The van der Waals surface area contributed by atoms with Gasteiger partial charge in [0.1, 0.15) is 0 Å². The van der Waals surface area contributed by atoms with Gasteiger partial charge in [0.15, 0.2) is 0 Å². The molecule has 3 heteroatoms. The molecule has 0 bridgehead atoms. The minimum absolute atomic E-state index is 0.350. The Balaban J connectivity index is 2.06. The Kier molecular flexibility index (Phi) is 6.27. The Hall–Kier alpha value is -1.32. The topological polar surface area (TPSA) is 24.9 Å². The minimum atomic E-state index is 0.350. The van der Waals surface area contributed by atoms with Gasteiger partial charge in [-0.25, -0.2) is 0 Å². The summed E-state index contributed by atoms with van der Waals surface area (Å²) in [5, 5.41) is 3.64. The quantitative estimate of drug-likeness (QED) is 0.760. The van der Waals surface area contributed by atoms with Crippen molar-refractivity contribution in [3.05, 3.63) is 59.4 Å². The lowest BCUT2D eigenvalue weighted by Gasteiger charge is -2.19. The zero-order chi connectivity index (χ0) is 15.1. The molecule has 1 aromatic heterocycles. The van der Waals surface area contributed by atoms with Crippen LogP contribution in [0.25, 0.3) is 0 Å². The van der Waals surface area contributed by atoms with Crippen LogP contribution in [0.4, 0.5) is 0 Å². The van der Waals surface area contributed by atoms with Crippen molar-refractivity contribution in [3.8, 4) is 0 Å². The van der Waals surface area contributed by atoms with E-state index in [2.05, 4.69) is 61.4 Å². The number of rotatable bonds is 7. The molecule has 1 atom stereocenters. The number of hydrogen-bond acceptors (Lipinski definition) is 3. The lowest BCUT2D eigenvalue weighted by Crippen LogP contribution is -2.24. The predicted octanol–water partition coefficient (Wildman–Crippen LogP) is 4.53. The van der Waals surface area contributed by atoms with E-state index in [9.17, 15) is 0 Å². The number of aryl methyl sites for hydroxylation is 2. The predicted molar refractivity (Wildman–Crippen MR) is 91.9 cm³/mol.